The lowest BCUT2D eigenvalue weighted by molar-refractivity contribution is -0.104. The number of allylic oxidation sites excluding steroid dienone is 1. The van der Waals surface area contributed by atoms with Crippen molar-refractivity contribution < 1.29 is 10.0 Å². The van der Waals surface area contributed by atoms with E-state index < -0.39 is 0 Å². The van der Waals surface area contributed by atoms with Crippen LogP contribution < -0.4 is 5.48 Å². The van der Waals surface area contributed by atoms with E-state index in [4.69, 9.17) is 5.21 Å². The second kappa shape index (κ2) is 5.32. The topological polar surface area (TPSA) is 49.3 Å². The summed E-state index contributed by atoms with van der Waals surface area (Å²) in [5.41, 5.74) is 4.67. The fourth-order valence-electron chi connectivity index (χ4n) is 1.32. The number of rotatable bonds is 4. The molecule has 3 heteroatoms. The maximum atomic E-state index is 10.2. The summed E-state index contributed by atoms with van der Waals surface area (Å²) in [7, 11) is 0. The highest BCUT2D eigenvalue weighted by Crippen LogP contribution is 2.23. The van der Waals surface area contributed by atoms with E-state index in [1.165, 1.54) is 11.6 Å². The Hall–Kier alpha value is -1.61. The Kier molecular flexibility index (Phi) is 4.06. The van der Waals surface area contributed by atoms with E-state index in [0.29, 0.717) is 17.9 Å². The van der Waals surface area contributed by atoms with Crippen molar-refractivity contribution in [2.75, 3.05) is 5.48 Å². The number of aldehydes is 1. The third-order valence-electron chi connectivity index (χ3n) is 2.22. The Bertz CT molecular complexity index is 370. The van der Waals surface area contributed by atoms with Gasteiger partial charge >= 0.3 is 0 Å². The maximum absolute atomic E-state index is 10.2. The molecule has 0 aliphatic rings. The zero-order valence-corrected chi connectivity index (χ0v) is 8.90. The number of benzene rings is 1. The Labute approximate surface area is 89.4 Å². The zero-order chi connectivity index (χ0) is 11.3. The molecule has 0 amide bonds. The van der Waals surface area contributed by atoms with E-state index in [9.17, 15) is 4.79 Å². The quantitative estimate of drug-likeness (QED) is 0.451. The predicted molar refractivity (Wildman–Crippen MR) is 61.0 cm³/mol. The Balaban J connectivity index is 3.12. The molecule has 0 spiro atoms. The van der Waals surface area contributed by atoms with Gasteiger partial charge in [-0.1, -0.05) is 19.9 Å². The van der Waals surface area contributed by atoms with Crippen LogP contribution in [-0.2, 0) is 4.79 Å². The lowest BCUT2D eigenvalue weighted by Gasteiger charge is -2.09. The maximum Gasteiger partial charge on any atom is 0.142 e. The minimum Gasteiger partial charge on any atom is -0.299 e. The van der Waals surface area contributed by atoms with Crippen LogP contribution >= 0.6 is 0 Å². The van der Waals surface area contributed by atoms with Crippen molar-refractivity contribution in [1.29, 1.82) is 0 Å². The summed E-state index contributed by atoms with van der Waals surface area (Å²) >= 11 is 0. The first-order chi connectivity index (χ1) is 7.19. The van der Waals surface area contributed by atoms with Gasteiger partial charge in [-0.05, 0) is 35.8 Å². The Morgan fingerprint density at radius 1 is 1.40 bits per heavy atom. The van der Waals surface area contributed by atoms with Crippen molar-refractivity contribution in [2.24, 2.45) is 0 Å². The minimum absolute atomic E-state index is 0.418. The van der Waals surface area contributed by atoms with Crippen molar-refractivity contribution in [3.63, 3.8) is 0 Å². The van der Waals surface area contributed by atoms with E-state index >= 15 is 0 Å². The predicted octanol–water partition coefficient (Wildman–Crippen LogP) is 2.82. The molecule has 0 saturated heterocycles. The van der Waals surface area contributed by atoms with Gasteiger partial charge in [-0.2, -0.15) is 0 Å². The Morgan fingerprint density at radius 2 is 2.13 bits per heavy atom. The van der Waals surface area contributed by atoms with Crippen LogP contribution in [0.25, 0.3) is 6.08 Å². The fraction of sp³-hybridized carbons (Fsp3) is 0.250. The smallest absolute Gasteiger partial charge is 0.142 e. The summed E-state index contributed by atoms with van der Waals surface area (Å²) in [5, 5.41) is 8.88. The average Bonchev–Trinajstić information content (AvgIpc) is 2.25. The lowest BCUT2D eigenvalue weighted by atomic mass is 9.99. The highest BCUT2D eigenvalue weighted by Gasteiger charge is 2.03. The molecule has 0 aliphatic carbocycles. The normalized spacial score (nSPS) is 10.9. The molecule has 15 heavy (non-hydrogen) atoms. The summed E-state index contributed by atoms with van der Waals surface area (Å²) in [4.78, 5) is 10.2. The van der Waals surface area contributed by atoms with Gasteiger partial charge in [-0.25, -0.2) is 0 Å². The van der Waals surface area contributed by atoms with E-state index in [1.54, 1.807) is 12.1 Å². The number of carbonyl (C=O) groups excluding carboxylic acids is 1. The molecule has 0 radical (unpaired) electrons. The molecular weight excluding hydrogens is 190 g/mol. The SMILES string of the molecule is CC(C)c1ccc(NO)c(C=CC=O)c1. The van der Waals surface area contributed by atoms with E-state index in [-0.39, 0.29) is 0 Å². The molecule has 0 unspecified atom stereocenters. The minimum atomic E-state index is 0.418. The second-order valence-electron chi connectivity index (χ2n) is 3.61. The number of anilines is 1. The van der Waals surface area contributed by atoms with Crippen molar-refractivity contribution in [3.8, 4) is 0 Å². The zero-order valence-electron chi connectivity index (χ0n) is 8.90. The molecule has 3 nitrogen and oxygen atoms in total. The summed E-state index contributed by atoms with van der Waals surface area (Å²) in [6.07, 6.45) is 3.78. The second-order valence-corrected chi connectivity index (χ2v) is 3.61. The highest BCUT2D eigenvalue weighted by molar-refractivity contribution is 5.77. The number of nitrogens with one attached hydrogen (secondary N) is 1. The standard InChI is InChI=1S/C12H15NO2/c1-9(2)10-5-6-12(13-15)11(8-10)4-3-7-14/h3-9,13,15H,1-2H3. The number of carbonyl (C=O) groups is 1. The van der Waals surface area contributed by atoms with Crippen molar-refractivity contribution in [3.05, 3.63) is 35.4 Å². The third-order valence-corrected chi connectivity index (χ3v) is 2.22. The molecule has 80 valence electrons. The summed E-state index contributed by atoms with van der Waals surface area (Å²) in [5.74, 6) is 0.418. The molecule has 0 bridgehead atoms. The molecule has 2 N–H and O–H groups in total. The first-order valence-corrected chi connectivity index (χ1v) is 4.85. The van der Waals surface area contributed by atoms with Gasteiger partial charge in [0.05, 0.1) is 5.69 Å². The van der Waals surface area contributed by atoms with Gasteiger partial charge in [0, 0.05) is 5.56 Å². The average molecular weight is 205 g/mol. The molecule has 0 heterocycles. The van der Waals surface area contributed by atoms with Gasteiger partial charge in [0.1, 0.15) is 6.29 Å². The van der Waals surface area contributed by atoms with Crippen LogP contribution in [0.2, 0.25) is 0 Å². The molecule has 0 atom stereocenters. The van der Waals surface area contributed by atoms with Gasteiger partial charge < -0.3 is 0 Å². The molecule has 0 aliphatic heterocycles. The van der Waals surface area contributed by atoms with Crippen LogP contribution in [0.4, 0.5) is 5.69 Å². The molecule has 1 aromatic rings. The van der Waals surface area contributed by atoms with Crippen LogP contribution in [0, 0.1) is 0 Å². The molecular formula is C12H15NO2. The van der Waals surface area contributed by atoms with Crippen molar-refractivity contribution in [1.82, 2.24) is 0 Å². The van der Waals surface area contributed by atoms with Gasteiger partial charge in [0.15, 0.2) is 0 Å². The summed E-state index contributed by atoms with van der Waals surface area (Å²) < 4.78 is 0. The largest absolute Gasteiger partial charge is 0.299 e. The first kappa shape index (κ1) is 11.5. The van der Waals surface area contributed by atoms with Crippen LogP contribution in [0.5, 0.6) is 0 Å². The summed E-state index contributed by atoms with van der Waals surface area (Å²) in [6.45, 7) is 4.18. The lowest BCUT2D eigenvalue weighted by Crippen LogP contribution is -1.95. The van der Waals surface area contributed by atoms with Crippen LogP contribution in [0.15, 0.2) is 24.3 Å². The molecule has 0 saturated carbocycles. The van der Waals surface area contributed by atoms with Crippen LogP contribution in [-0.4, -0.2) is 11.5 Å². The van der Waals surface area contributed by atoms with Crippen molar-refractivity contribution >= 4 is 18.0 Å². The summed E-state index contributed by atoms with van der Waals surface area (Å²) in [6, 6.07) is 5.69. The van der Waals surface area contributed by atoms with Gasteiger partial charge in [0.25, 0.3) is 0 Å². The molecule has 1 aromatic carbocycles. The van der Waals surface area contributed by atoms with Gasteiger partial charge in [-0.3, -0.25) is 15.5 Å². The van der Waals surface area contributed by atoms with Gasteiger partial charge in [0.2, 0.25) is 0 Å². The first-order valence-electron chi connectivity index (χ1n) is 4.85. The molecule has 1 rings (SSSR count). The van der Waals surface area contributed by atoms with Crippen LogP contribution in [0.1, 0.15) is 30.9 Å². The van der Waals surface area contributed by atoms with Gasteiger partial charge in [-0.15, -0.1) is 0 Å². The molecule has 0 fully saturated rings. The van der Waals surface area contributed by atoms with E-state index in [1.807, 2.05) is 12.1 Å². The monoisotopic (exact) mass is 205 g/mol. The van der Waals surface area contributed by atoms with Crippen LogP contribution in [0.3, 0.4) is 0 Å². The Morgan fingerprint density at radius 3 is 2.67 bits per heavy atom. The van der Waals surface area contributed by atoms with E-state index in [0.717, 1.165) is 5.56 Å². The fourth-order valence-corrected chi connectivity index (χ4v) is 1.32. The van der Waals surface area contributed by atoms with E-state index in [2.05, 4.69) is 19.3 Å². The third kappa shape index (κ3) is 2.92. The number of hydrogen-bond donors (Lipinski definition) is 2. The number of hydrogen-bond acceptors (Lipinski definition) is 3. The highest BCUT2D eigenvalue weighted by atomic mass is 16.5. The molecule has 0 aromatic heterocycles. The van der Waals surface area contributed by atoms with Crippen molar-refractivity contribution in [2.45, 2.75) is 19.8 Å².